The first-order chi connectivity index (χ1) is 4.95. The molecule has 0 nitrogen and oxygen atoms in total. The molecule has 0 fully saturated rings. The van der Waals surface area contributed by atoms with Crippen LogP contribution in [0.4, 0.5) is 0 Å². The average Bonchev–Trinajstić information content (AvgIpc) is 2.74. The number of hydrogen-bond donors (Lipinski definition) is 0. The average molecular weight is 130 g/mol. The monoisotopic (exact) mass is 130 g/mol. The molecule has 2 rings (SSSR count). The maximum Gasteiger partial charge on any atom is -0.00639 e. The molecule has 0 saturated carbocycles. The molecule has 0 heterocycles. The van der Waals surface area contributed by atoms with Crippen LogP contribution >= 0.6 is 0 Å². The van der Waals surface area contributed by atoms with Crippen molar-refractivity contribution in [3.05, 3.63) is 47.5 Å². The van der Waals surface area contributed by atoms with Gasteiger partial charge in [0.2, 0.25) is 0 Å². The third kappa shape index (κ3) is 1.27. The summed E-state index contributed by atoms with van der Waals surface area (Å²) in [4.78, 5) is 0. The Hall–Kier alpha value is -1.04. The zero-order valence-corrected chi connectivity index (χ0v) is 5.88. The molecule has 0 radical (unpaired) electrons. The van der Waals surface area contributed by atoms with Gasteiger partial charge in [0.15, 0.2) is 0 Å². The van der Waals surface area contributed by atoms with E-state index in [-0.39, 0.29) is 0 Å². The summed E-state index contributed by atoms with van der Waals surface area (Å²) in [5.74, 6) is 0. The second kappa shape index (κ2) is 2.30. The third-order valence-electron chi connectivity index (χ3n) is 1.77. The van der Waals surface area contributed by atoms with Crippen molar-refractivity contribution in [2.24, 2.45) is 0 Å². The molecular formula is C10H10. The first-order valence-corrected chi connectivity index (χ1v) is 3.67. The maximum absolute atomic E-state index is 2.28. The van der Waals surface area contributed by atoms with Crippen molar-refractivity contribution in [3.63, 3.8) is 0 Å². The zero-order chi connectivity index (χ0) is 6.81. The van der Waals surface area contributed by atoms with E-state index in [1.807, 2.05) is 0 Å². The van der Waals surface area contributed by atoms with Crippen LogP contribution in [0, 0.1) is 0 Å². The molecule has 0 bridgehead atoms. The lowest BCUT2D eigenvalue weighted by molar-refractivity contribution is 1.20. The van der Waals surface area contributed by atoms with Gasteiger partial charge in [0.1, 0.15) is 0 Å². The smallest absolute Gasteiger partial charge is 0.00639 e. The lowest BCUT2D eigenvalue weighted by Crippen LogP contribution is -1.79. The minimum atomic E-state index is 1.17. The summed E-state index contributed by atoms with van der Waals surface area (Å²) >= 11 is 0. The van der Waals surface area contributed by atoms with E-state index < -0.39 is 0 Å². The molecule has 1 aromatic rings. The molecular weight excluding hydrogens is 120 g/mol. The Labute approximate surface area is 61.2 Å². The Morgan fingerprint density at radius 1 is 1.10 bits per heavy atom. The van der Waals surface area contributed by atoms with E-state index in [0.29, 0.717) is 0 Å². The summed E-state index contributed by atoms with van der Waals surface area (Å²) in [5, 5.41) is 0. The van der Waals surface area contributed by atoms with E-state index in [1.165, 1.54) is 18.4 Å². The van der Waals surface area contributed by atoms with Gasteiger partial charge in [0, 0.05) is 0 Å². The largest absolute Gasteiger partial charge is 0.0806 e. The van der Waals surface area contributed by atoms with E-state index in [0.717, 1.165) is 0 Å². The number of allylic oxidation sites excluding steroid dienone is 2. The Balaban J connectivity index is 2.11. The summed E-state index contributed by atoms with van der Waals surface area (Å²) in [7, 11) is 0. The molecule has 10 heavy (non-hydrogen) atoms. The van der Waals surface area contributed by atoms with Crippen LogP contribution in [0.5, 0.6) is 0 Å². The minimum absolute atomic E-state index is 1.17. The molecule has 0 atom stereocenters. The molecule has 1 aliphatic carbocycles. The van der Waals surface area contributed by atoms with Gasteiger partial charge >= 0.3 is 0 Å². The summed E-state index contributed by atoms with van der Waals surface area (Å²) in [6, 6.07) is 10.6. The van der Waals surface area contributed by atoms with Crippen LogP contribution in [-0.2, 0) is 6.42 Å². The highest BCUT2D eigenvalue weighted by atomic mass is 14.1. The fourth-order valence-corrected chi connectivity index (χ4v) is 1.07. The Bertz CT molecular complexity index is 244. The quantitative estimate of drug-likeness (QED) is 0.540. The van der Waals surface area contributed by atoms with Gasteiger partial charge in [-0.1, -0.05) is 42.0 Å². The first kappa shape index (κ1) is 5.72. The van der Waals surface area contributed by atoms with Crippen LogP contribution in [0.3, 0.4) is 0 Å². The molecule has 50 valence electrons. The van der Waals surface area contributed by atoms with E-state index >= 15 is 0 Å². The van der Waals surface area contributed by atoms with Crippen LogP contribution in [0.1, 0.15) is 12.0 Å². The topological polar surface area (TPSA) is 0 Å². The molecule has 0 aromatic heterocycles. The predicted molar refractivity (Wildman–Crippen MR) is 42.8 cm³/mol. The van der Waals surface area contributed by atoms with Gasteiger partial charge in [-0.2, -0.15) is 0 Å². The summed E-state index contributed by atoms with van der Waals surface area (Å²) < 4.78 is 0. The fourth-order valence-electron chi connectivity index (χ4n) is 1.07. The van der Waals surface area contributed by atoms with Crippen molar-refractivity contribution in [2.75, 3.05) is 0 Å². The van der Waals surface area contributed by atoms with Crippen LogP contribution < -0.4 is 0 Å². The lowest BCUT2D eigenvalue weighted by Gasteiger charge is -1.93. The highest BCUT2D eigenvalue weighted by molar-refractivity contribution is 5.30. The lowest BCUT2D eigenvalue weighted by atomic mass is 10.1. The molecule has 0 N–H and O–H groups in total. The fraction of sp³-hybridized carbons (Fsp3) is 0.200. The van der Waals surface area contributed by atoms with Crippen LogP contribution in [0.25, 0.3) is 0 Å². The second-order valence-electron chi connectivity index (χ2n) is 2.73. The van der Waals surface area contributed by atoms with Gasteiger partial charge in [-0.15, -0.1) is 0 Å². The molecule has 0 saturated heterocycles. The Kier molecular flexibility index (Phi) is 1.31. The highest BCUT2D eigenvalue weighted by Crippen LogP contribution is 2.22. The van der Waals surface area contributed by atoms with Crippen LogP contribution in [-0.4, -0.2) is 0 Å². The zero-order valence-electron chi connectivity index (χ0n) is 5.88. The minimum Gasteiger partial charge on any atom is -0.0806 e. The Morgan fingerprint density at radius 3 is 2.40 bits per heavy atom. The van der Waals surface area contributed by atoms with Crippen molar-refractivity contribution in [1.29, 1.82) is 0 Å². The normalized spacial score (nSPS) is 14.6. The standard InChI is InChI=1S/C10H10/c1-2-4-9(5-3-1)8-10-6-7-10/h1-6H,7-8H2. The predicted octanol–water partition coefficient (Wildman–Crippen LogP) is 2.56. The molecule has 0 unspecified atom stereocenters. The van der Waals surface area contributed by atoms with Crippen molar-refractivity contribution < 1.29 is 0 Å². The first-order valence-electron chi connectivity index (χ1n) is 3.67. The highest BCUT2D eigenvalue weighted by Gasteiger charge is 2.06. The summed E-state index contributed by atoms with van der Waals surface area (Å²) in [6.45, 7) is 0. The molecule has 1 aromatic carbocycles. The SMILES string of the molecule is C1=C(Cc2ccccc2)C1. The van der Waals surface area contributed by atoms with E-state index in [4.69, 9.17) is 0 Å². The van der Waals surface area contributed by atoms with E-state index in [1.54, 1.807) is 5.57 Å². The summed E-state index contributed by atoms with van der Waals surface area (Å²) in [6.07, 6.45) is 4.70. The second-order valence-corrected chi connectivity index (χ2v) is 2.73. The third-order valence-corrected chi connectivity index (χ3v) is 1.77. The van der Waals surface area contributed by atoms with Gasteiger partial charge in [-0.25, -0.2) is 0 Å². The van der Waals surface area contributed by atoms with Crippen molar-refractivity contribution in [3.8, 4) is 0 Å². The van der Waals surface area contributed by atoms with Crippen LogP contribution in [0.2, 0.25) is 0 Å². The molecule has 0 aliphatic heterocycles. The molecule has 1 aliphatic rings. The van der Waals surface area contributed by atoms with Crippen molar-refractivity contribution in [1.82, 2.24) is 0 Å². The number of benzene rings is 1. The van der Waals surface area contributed by atoms with E-state index in [2.05, 4.69) is 36.4 Å². The summed E-state index contributed by atoms with van der Waals surface area (Å²) in [5.41, 5.74) is 3.03. The van der Waals surface area contributed by atoms with Gasteiger partial charge in [-0.05, 0) is 18.4 Å². The van der Waals surface area contributed by atoms with Crippen molar-refractivity contribution >= 4 is 0 Å². The molecule has 0 spiro atoms. The molecule has 0 heteroatoms. The van der Waals surface area contributed by atoms with Crippen molar-refractivity contribution in [2.45, 2.75) is 12.8 Å². The van der Waals surface area contributed by atoms with Crippen LogP contribution in [0.15, 0.2) is 42.0 Å². The number of hydrogen-bond acceptors (Lipinski definition) is 0. The van der Waals surface area contributed by atoms with E-state index in [9.17, 15) is 0 Å². The van der Waals surface area contributed by atoms with Gasteiger partial charge in [-0.3, -0.25) is 0 Å². The maximum atomic E-state index is 2.28. The molecule has 0 amide bonds. The van der Waals surface area contributed by atoms with Gasteiger partial charge in [0.05, 0.1) is 0 Å². The Morgan fingerprint density at radius 2 is 1.80 bits per heavy atom. The van der Waals surface area contributed by atoms with Gasteiger partial charge in [0.25, 0.3) is 0 Å². The van der Waals surface area contributed by atoms with Gasteiger partial charge < -0.3 is 0 Å². The number of rotatable bonds is 2.